The summed E-state index contributed by atoms with van der Waals surface area (Å²) in [6, 6.07) is 3.87. The molecule has 1 fully saturated rings. The number of pyridine rings is 1. The van der Waals surface area contributed by atoms with Gasteiger partial charge in [0.2, 0.25) is 0 Å². The number of nitrogen functional groups attached to an aromatic ring is 1. The van der Waals surface area contributed by atoms with Gasteiger partial charge in [0.1, 0.15) is 17.0 Å². The minimum Gasteiger partial charge on any atom is -0.444 e. The van der Waals surface area contributed by atoms with Crippen LogP contribution in [0.15, 0.2) is 17.4 Å². The van der Waals surface area contributed by atoms with Gasteiger partial charge in [-0.2, -0.15) is 5.26 Å². The van der Waals surface area contributed by atoms with E-state index in [0.29, 0.717) is 18.8 Å². The van der Waals surface area contributed by atoms with Crippen LogP contribution < -0.4 is 5.73 Å². The number of hydrazone groups is 1. The molecule has 2 N–H and O–H groups in total. The van der Waals surface area contributed by atoms with Gasteiger partial charge >= 0.3 is 6.09 Å². The molecule has 1 aromatic heterocycles. The van der Waals surface area contributed by atoms with Crippen LogP contribution in [0.2, 0.25) is 0 Å². The summed E-state index contributed by atoms with van der Waals surface area (Å²) in [6.45, 7) is 5.99. The second kappa shape index (κ2) is 7.42. The average Bonchev–Trinajstić information content (AvgIpc) is 3.09. The van der Waals surface area contributed by atoms with Crippen LogP contribution >= 0.6 is 22.6 Å². The molecule has 0 aliphatic carbocycles. The SMILES string of the molecule is CC(C)(C)OC(=O)N1CC(/C=[N+]2/N=C(I)c3c2ccnc3N)C[C@@H]1CC#N. The third-order valence-corrected chi connectivity index (χ3v) is 5.12. The van der Waals surface area contributed by atoms with Crippen molar-refractivity contribution in [2.75, 3.05) is 12.3 Å². The number of fused-ring (bicyclic) bond motifs is 1. The Hall–Kier alpha value is -2.22. The summed E-state index contributed by atoms with van der Waals surface area (Å²) in [6.07, 6.45) is 4.22. The number of hydrogen-bond donors (Lipinski definition) is 1. The maximum absolute atomic E-state index is 12.5. The molecule has 0 spiro atoms. The number of nitriles is 1. The maximum atomic E-state index is 12.5. The summed E-state index contributed by atoms with van der Waals surface area (Å²) in [7, 11) is 0. The standard InChI is InChI=1S/C18H22IN6O2/c1-18(2,3)27-17(26)24-9-11(8-12(24)4-6-20)10-25-13-5-7-22-16(21)14(13)15(19)23-25/h5,7,10-12H,4,8-9H2,1-3H3,(H2,21,22)/q+1/b25-10+/t11?,12-/m0/s1. The van der Waals surface area contributed by atoms with Crippen molar-refractivity contribution >= 4 is 50.1 Å². The molecule has 2 aliphatic rings. The number of rotatable bonds is 2. The van der Waals surface area contributed by atoms with Gasteiger partial charge in [-0.1, -0.05) is 4.68 Å². The quantitative estimate of drug-likeness (QED) is 0.516. The summed E-state index contributed by atoms with van der Waals surface area (Å²) >= 11 is 2.14. The van der Waals surface area contributed by atoms with Gasteiger partial charge in [0.15, 0.2) is 9.93 Å². The molecule has 3 rings (SSSR count). The summed E-state index contributed by atoms with van der Waals surface area (Å²) in [5, 5.41) is 13.7. The predicted octanol–water partition coefficient (Wildman–Crippen LogP) is 3.03. The van der Waals surface area contributed by atoms with Gasteiger partial charge in [0.05, 0.1) is 18.4 Å². The van der Waals surface area contributed by atoms with Gasteiger partial charge in [0.25, 0.3) is 5.69 Å². The smallest absolute Gasteiger partial charge is 0.410 e. The normalized spacial score (nSPS) is 23.1. The molecule has 9 heteroatoms. The van der Waals surface area contributed by atoms with Gasteiger partial charge in [-0.25, -0.2) is 9.78 Å². The second-order valence-electron chi connectivity index (χ2n) is 7.62. The predicted molar refractivity (Wildman–Crippen MR) is 110 cm³/mol. The zero-order valence-corrected chi connectivity index (χ0v) is 17.7. The Morgan fingerprint density at radius 2 is 2.33 bits per heavy atom. The summed E-state index contributed by atoms with van der Waals surface area (Å²) in [5.74, 6) is 0.505. The molecule has 1 unspecified atom stereocenters. The molecular formula is C18H22IN6O2+. The lowest BCUT2D eigenvalue weighted by molar-refractivity contribution is -0.438. The topological polar surface area (TPSA) is 108 Å². The highest BCUT2D eigenvalue weighted by Gasteiger charge is 2.40. The number of carbonyl (C=O) groups is 1. The number of aromatic nitrogens is 1. The first kappa shape index (κ1) is 19.5. The summed E-state index contributed by atoms with van der Waals surface area (Å²) < 4.78 is 8.07. The third-order valence-electron chi connectivity index (χ3n) is 4.36. The lowest BCUT2D eigenvalue weighted by atomic mass is 10.1. The highest BCUT2D eigenvalue weighted by molar-refractivity contribution is 14.1. The number of nitrogens with zero attached hydrogens (tertiary/aromatic N) is 5. The van der Waals surface area contributed by atoms with Crippen molar-refractivity contribution in [3.8, 4) is 6.07 Å². The van der Waals surface area contributed by atoms with E-state index in [2.05, 4.69) is 38.7 Å². The van der Waals surface area contributed by atoms with Crippen molar-refractivity contribution in [1.82, 2.24) is 9.88 Å². The zero-order valence-electron chi connectivity index (χ0n) is 15.5. The highest BCUT2D eigenvalue weighted by Crippen LogP contribution is 2.33. The van der Waals surface area contributed by atoms with Crippen molar-refractivity contribution in [1.29, 1.82) is 5.26 Å². The minimum absolute atomic E-state index is 0.0594. The molecule has 0 saturated carbocycles. The third kappa shape index (κ3) is 4.21. The first-order valence-electron chi connectivity index (χ1n) is 8.69. The van der Waals surface area contributed by atoms with Crippen LogP contribution in [0.5, 0.6) is 0 Å². The van der Waals surface area contributed by atoms with Crippen LogP contribution in [-0.2, 0) is 4.74 Å². The van der Waals surface area contributed by atoms with Gasteiger partial charge in [-0.3, -0.25) is 0 Å². The monoisotopic (exact) mass is 481 g/mol. The molecule has 0 aromatic carbocycles. The Morgan fingerprint density at radius 1 is 1.59 bits per heavy atom. The molecule has 2 aliphatic heterocycles. The molecule has 8 nitrogen and oxygen atoms in total. The van der Waals surface area contributed by atoms with E-state index < -0.39 is 5.60 Å². The van der Waals surface area contributed by atoms with Crippen LogP contribution in [0.25, 0.3) is 0 Å². The lowest BCUT2D eigenvalue weighted by Crippen LogP contribution is -2.40. The van der Waals surface area contributed by atoms with Gasteiger partial charge < -0.3 is 15.4 Å². The number of ether oxygens (including phenoxy) is 1. The summed E-state index contributed by atoms with van der Waals surface area (Å²) in [4.78, 5) is 18.3. The second-order valence-corrected chi connectivity index (χ2v) is 8.64. The van der Waals surface area contributed by atoms with E-state index in [1.54, 1.807) is 15.8 Å². The number of anilines is 1. The van der Waals surface area contributed by atoms with E-state index in [0.717, 1.165) is 15.0 Å². The molecular weight excluding hydrogens is 459 g/mol. The minimum atomic E-state index is -0.575. The van der Waals surface area contributed by atoms with Gasteiger partial charge in [-0.05, 0) is 49.8 Å². The molecule has 27 heavy (non-hydrogen) atoms. The first-order valence-corrected chi connectivity index (χ1v) is 9.77. The fourth-order valence-electron chi connectivity index (χ4n) is 3.29. The van der Waals surface area contributed by atoms with E-state index >= 15 is 0 Å². The molecule has 142 valence electrons. The van der Waals surface area contributed by atoms with Gasteiger partial charge in [0, 0.05) is 30.0 Å². The largest absolute Gasteiger partial charge is 0.444 e. The number of carbonyl (C=O) groups excluding carboxylic acids is 1. The Morgan fingerprint density at radius 3 is 3.00 bits per heavy atom. The fraction of sp³-hybridized carbons (Fsp3) is 0.500. The highest BCUT2D eigenvalue weighted by atomic mass is 127. The Kier molecular flexibility index (Phi) is 5.37. The van der Waals surface area contributed by atoms with E-state index in [1.165, 1.54) is 0 Å². The number of halogens is 1. The van der Waals surface area contributed by atoms with Crippen LogP contribution in [0.1, 0.15) is 39.2 Å². The van der Waals surface area contributed by atoms with Crippen LogP contribution in [-0.4, -0.2) is 48.8 Å². The van der Waals surface area contributed by atoms with Crippen molar-refractivity contribution in [3.05, 3.63) is 17.8 Å². The number of amides is 1. The Bertz CT molecular complexity index is 868. The molecule has 3 heterocycles. The van der Waals surface area contributed by atoms with Crippen LogP contribution in [0, 0.1) is 17.2 Å². The molecule has 2 atom stereocenters. The maximum Gasteiger partial charge on any atom is 0.410 e. The van der Waals surface area contributed by atoms with Crippen molar-refractivity contribution in [2.45, 2.75) is 45.3 Å². The molecule has 1 amide bonds. The summed E-state index contributed by atoms with van der Waals surface area (Å²) in [5.41, 5.74) is 7.10. The van der Waals surface area contributed by atoms with Gasteiger partial charge in [-0.15, -0.1) is 0 Å². The van der Waals surface area contributed by atoms with Crippen molar-refractivity contribution in [3.63, 3.8) is 0 Å². The fourth-order valence-corrected chi connectivity index (χ4v) is 4.07. The van der Waals surface area contributed by atoms with Crippen LogP contribution in [0.4, 0.5) is 16.3 Å². The van der Waals surface area contributed by atoms with E-state index in [9.17, 15) is 4.79 Å². The number of hydrogen-bond acceptors (Lipinski definition) is 6. The van der Waals surface area contributed by atoms with Crippen molar-refractivity contribution in [2.24, 2.45) is 11.0 Å². The molecule has 0 bridgehead atoms. The van der Waals surface area contributed by atoms with E-state index in [1.807, 2.05) is 33.1 Å². The number of nitrogens with two attached hydrogens (primary N) is 1. The van der Waals surface area contributed by atoms with Crippen molar-refractivity contribution < 1.29 is 14.2 Å². The van der Waals surface area contributed by atoms with E-state index in [4.69, 9.17) is 15.7 Å². The number of likely N-dealkylation sites (tertiary alicyclic amines) is 1. The first-order chi connectivity index (χ1) is 12.7. The van der Waals surface area contributed by atoms with E-state index in [-0.39, 0.29) is 24.5 Å². The molecule has 1 aromatic rings. The molecule has 1 saturated heterocycles. The molecule has 0 radical (unpaired) electrons. The zero-order chi connectivity index (χ0) is 19.8. The average molecular weight is 481 g/mol. The Balaban J connectivity index is 1.84. The Labute approximate surface area is 171 Å². The lowest BCUT2D eigenvalue weighted by Gasteiger charge is -2.27. The van der Waals surface area contributed by atoms with Crippen LogP contribution in [0.3, 0.4) is 0 Å².